The average Bonchev–Trinajstić information content (AvgIpc) is 2.27. The van der Waals surface area contributed by atoms with Crippen molar-refractivity contribution in [2.45, 2.75) is 11.8 Å². The standard InChI is InChI=1S/C13H13NO3S/c1-9-6-7-13(18(15,16)17)11(8-9)10-4-2-3-5-12(10)14/h2-8H,14H2,1H3,(H,15,16,17). The zero-order valence-electron chi connectivity index (χ0n) is 9.79. The Morgan fingerprint density at radius 1 is 1.06 bits per heavy atom. The van der Waals surface area contributed by atoms with Crippen LogP contribution in [0.4, 0.5) is 5.69 Å². The van der Waals surface area contributed by atoms with E-state index in [1.54, 1.807) is 36.4 Å². The number of rotatable bonds is 2. The first-order chi connectivity index (χ1) is 8.39. The van der Waals surface area contributed by atoms with E-state index in [-0.39, 0.29) is 4.90 Å². The SMILES string of the molecule is Cc1ccc(S(=O)(=O)O)c(-c2ccccc2N)c1. The smallest absolute Gasteiger partial charge is 0.295 e. The Morgan fingerprint density at radius 3 is 2.33 bits per heavy atom. The molecule has 0 saturated carbocycles. The minimum atomic E-state index is -4.27. The monoisotopic (exact) mass is 263 g/mol. The largest absolute Gasteiger partial charge is 0.398 e. The lowest BCUT2D eigenvalue weighted by Gasteiger charge is -2.10. The normalized spacial score (nSPS) is 11.4. The van der Waals surface area contributed by atoms with Gasteiger partial charge in [-0.05, 0) is 25.1 Å². The molecule has 5 heteroatoms. The van der Waals surface area contributed by atoms with Crippen LogP contribution in [0.3, 0.4) is 0 Å². The Labute approximate surface area is 106 Å². The fraction of sp³-hybridized carbons (Fsp3) is 0.0769. The predicted octanol–water partition coefficient (Wildman–Crippen LogP) is 2.49. The van der Waals surface area contributed by atoms with Gasteiger partial charge in [-0.2, -0.15) is 8.42 Å². The van der Waals surface area contributed by atoms with Gasteiger partial charge in [-0.25, -0.2) is 0 Å². The van der Waals surface area contributed by atoms with Crippen LogP contribution in [0.15, 0.2) is 47.4 Å². The molecule has 3 N–H and O–H groups in total. The first kappa shape index (κ1) is 12.6. The van der Waals surface area contributed by atoms with Crippen molar-refractivity contribution in [2.24, 2.45) is 0 Å². The summed E-state index contributed by atoms with van der Waals surface area (Å²) < 4.78 is 32.0. The zero-order chi connectivity index (χ0) is 13.3. The van der Waals surface area contributed by atoms with E-state index in [9.17, 15) is 13.0 Å². The molecule has 2 aromatic rings. The van der Waals surface area contributed by atoms with Crippen molar-refractivity contribution in [3.05, 3.63) is 48.0 Å². The van der Waals surface area contributed by atoms with Gasteiger partial charge in [-0.3, -0.25) is 4.55 Å². The number of hydrogen-bond donors (Lipinski definition) is 2. The van der Waals surface area contributed by atoms with Gasteiger partial charge in [-0.1, -0.05) is 29.8 Å². The fourth-order valence-corrected chi connectivity index (χ4v) is 2.51. The van der Waals surface area contributed by atoms with Crippen LogP contribution in [0.1, 0.15) is 5.56 Å². The number of hydrogen-bond acceptors (Lipinski definition) is 3. The highest BCUT2D eigenvalue weighted by molar-refractivity contribution is 7.86. The summed E-state index contributed by atoms with van der Waals surface area (Å²) in [4.78, 5) is -0.133. The molecule has 0 saturated heterocycles. The Kier molecular flexibility index (Phi) is 3.11. The lowest BCUT2D eigenvalue weighted by atomic mass is 10.0. The van der Waals surface area contributed by atoms with Crippen LogP contribution >= 0.6 is 0 Å². The number of para-hydroxylation sites is 1. The highest BCUT2D eigenvalue weighted by Crippen LogP contribution is 2.32. The molecule has 0 fully saturated rings. The van der Waals surface area contributed by atoms with Crippen LogP contribution in [0, 0.1) is 6.92 Å². The van der Waals surface area contributed by atoms with Gasteiger partial charge in [0.05, 0.1) is 0 Å². The second-order valence-corrected chi connectivity index (χ2v) is 5.45. The maximum atomic E-state index is 11.4. The summed E-state index contributed by atoms with van der Waals surface area (Å²) in [5.41, 5.74) is 8.20. The molecule has 0 unspecified atom stereocenters. The molecular weight excluding hydrogens is 250 g/mol. The van der Waals surface area contributed by atoms with E-state index in [0.717, 1.165) is 5.56 Å². The van der Waals surface area contributed by atoms with E-state index in [0.29, 0.717) is 16.8 Å². The first-order valence-corrected chi connectivity index (χ1v) is 6.76. The highest BCUT2D eigenvalue weighted by Gasteiger charge is 2.17. The van der Waals surface area contributed by atoms with Gasteiger partial charge in [0.1, 0.15) is 4.90 Å². The van der Waals surface area contributed by atoms with E-state index >= 15 is 0 Å². The summed E-state index contributed by atoms with van der Waals surface area (Å²) >= 11 is 0. The maximum Gasteiger partial charge on any atom is 0.295 e. The van der Waals surface area contributed by atoms with E-state index in [1.165, 1.54) is 6.07 Å². The number of aryl methyl sites for hydroxylation is 1. The molecule has 2 rings (SSSR count). The molecule has 4 nitrogen and oxygen atoms in total. The van der Waals surface area contributed by atoms with Crippen molar-refractivity contribution >= 4 is 15.8 Å². The van der Waals surface area contributed by atoms with Gasteiger partial charge in [-0.15, -0.1) is 0 Å². The number of anilines is 1. The molecule has 18 heavy (non-hydrogen) atoms. The lowest BCUT2D eigenvalue weighted by Crippen LogP contribution is -2.02. The number of nitrogen functional groups attached to an aromatic ring is 1. The molecule has 0 aliphatic heterocycles. The average molecular weight is 263 g/mol. The first-order valence-electron chi connectivity index (χ1n) is 5.32. The molecule has 0 aliphatic rings. The lowest BCUT2D eigenvalue weighted by molar-refractivity contribution is 0.483. The van der Waals surface area contributed by atoms with Crippen molar-refractivity contribution in [1.82, 2.24) is 0 Å². The predicted molar refractivity (Wildman–Crippen MR) is 70.8 cm³/mol. The quantitative estimate of drug-likeness (QED) is 0.644. The second-order valence-electron chi connectivity index (χ2n) is 4.06. The van der Waals surface area contributed by atoms with E-state index in [2.05, 4.69) is 0 Å². The van der Waals surface area contributed by atoms with Crippen LogP contribution in [0.25, 0.3) is 11.1 Å². The van der Waals surface area contributed by atoms with Crippen molar-refractivity contribution in [2.75, 3.05) is 5.73 Å². The molecule has 0 spiro atoms. The molecule has 0 radical (unpaired) electrons. The van der Waals surface area contributed by atoms with Crippen LogP contribution in [0.5, 0.6) is 0 Å². The zero-order valence-corrected chi connectivity index (χ0v) is 10.6. The van der Waals surface area contributed by atoms with E-state index in [4.69, 9.17) is 5.73 Å². The molecule has 0 aromatic heterocycles. The Balaban J connectivity index is 2.79. The minimum absolute atomic E-state index is 0.133. The Bertz CT molecular complexity index is 693. The van der Waals surface area contributed by atoms with Crippen molar-refractivity contribution in [3.63, 3.8) is 0 Å². The summed E-state index contributed by atoms with van der Waals surface area (Å²) in [6.07, 6.45) is 0. The Morgan fingerprint density at radius 2 is 1.72 bits per heavy atom. The fourth-order valence-electron chi connectivity index (χ4n) is 1.82. The Hall–Kier alpha value is -1.85. The van der Waals surface area contributed by atoms with Gasteiger partial charge >= 0.3 is 0 Å². The van der Waals surface area contributed by atoms with Gasteiger partial charge < -0.3 is 5.73 Å². The molecule has 0 amide bonds. The third kappa shape index (κ3) is 2.37. The summed E-state index contributed by atoms with van der Waals surface area (Å²) in [5.74, 6) is 0. The van der Waals surface area contributed by atoms with Gasteiger partial charge in [0, 0.05) is 16.8 Å². The molecule has 2 aromatic carbocycles. The number of nitrogens with two attached hydrogens (primary N) is 1. The van der Waals surface area contributed by atoms with Crippen molar-refractivity contribution in [1.29, 1.82) is 0 Å². The van der Waals surface area contributed by atoms with Crippen LogP contribution in [-0.4, -0.2) is 13.0 Å². The van der Waals surface area contributed by atoms with Gasteiger partial charge in [0.25, 0.3) is 10.1 Å². The molecule has 0 bridgehead atoms. The third-order valence-corrected chi connectivity index (χ3v) is 3.58. The van der Waals surface area contributed by atoms with E-state index < -0.39 is 10.1 Å². The number of benzene rings is 2. The van der Waals surface area contributed by atoms with Crippen LogP contribution < -0.4 is 5.73 Å². The topological polar surface area (TPSA) is 80.4 Å². The molecule has 0 aliphatic carbocycles. The van der Waals surface area contributed by atoms with Crippen LogP contribution in [-0.2, 0) is 10.1 Å². The summed E-state index contributed by atoms with van der Waals surface area (Å²) in [6.45, 7) is 1.84. The van der Waals surface area contributed by atoms with Gasteiger partial charge in [0.2, 0.25) is 0 Å². The van der Waals surface area contributed by atoms with E-state index in [1.807, 2.05) is 6.92 Å². The highest BCUT2D eigenvalue weighted by atomic mass is 32.2. The van der Waals surface area contributed by atoms with Crippen molar-refractivity contribution in [3.8, 4) is 11.1 Å². The minimum Gasteiger partial charge on any atom is -0.398 e. The summed E-state index contributed by atoms with van der Waals surface area (Å²) in [6, 6.07) is 11.6. The van der Waals surface area contributed by atoms with Crippen LogP contribution in [0.2, 0.25) is 0 Å². The molecule has 0 atom stereocenters. The van der Waals surface area contributed by atoms with Crippen molar-refractivity contribution < 1.29 is 13.0 Å². The van der Waals surface area contributed by atoms with Gasteiger partial charge in [0.15, 0.2) is 0 Å². The molecule has 0 heterocycles. The molecular formula is C13H13NO3S. The summed E-state index contributed by atoms with van der Waals surface area (Å²) in [5, 5.41) is 0. The summed E-state index contributed by atoms with van der Waals surface area (Å²) in [7, 11) is -4.27. The maximum absolute atomic E-state index is 11.4. The third-order valence-electron chi connectivity index (χ3n) is 2.66. The molecule has 94 valence electrons. The second kappa shape index (κ2) is 4.44.